The first-order valence-corrected chi connectivity index (χ1v) is 6.30. The zero-order valence-electron chi connectivity index (χ0n) is 8.50. The van der Waals surface area contributed by atoms with Crippen molar-refractivity contribution in [1.29, 1.82) is 0 Å². The first-order valence-electron chi connectivity index (χ1n) is 4.81. The van der Waals surface area contributed by atoms with Crippen LogP contribution in [0.2, 0.25) is 0 Å². The second kappa shape index (κ2) is 5.50. The van der Waals surface area contributed by atoms with Gasteiger partial charge in [-0.25, -0.2) is 8.42 Å². The molecule has 90 valence electrons. The monoisotopic (exact) mass is 249 g/mol. The summed E-state index contributed by atoms with van der Waals surface area (Å²) < 4.78 is 26.3. The van der Waals surface area contributed by atoms with Crippen molar-refractivity contribution in [2.75, 3.05) is 4.72 Å². The third kappa shape index (κ3) is 3.32. The molecule has 0 amide bonds. The molecule has 1 N–H and O–H groups in total. The average molecular weight is 249 g/mol. The van der Waals surface area contributed by atoms with Crippen molar-refractivity contribution in [3.05, 3.63) is 60.7 Å². The van der Waals surface area contributed by atoms with Gasteiger partial charge in [0.1, 0.15) is 0 Å². The van der Waals surface area contributed by atoms with Crippen LogP contribution in [0.3, 0.4) is 0 Å². The molecule has 0 radical (unpaired) electrons. The molecule has 0 unspecified atom stereocenters. The summed E-state index contributed by atoms with van der Waals surface area (Å²) in [6.07, 6.45) is 0. The quantitative estimate of drug-likeness (QED) is 0.908. The number of hydrogen-bond acceptors (Lipinski definition) is 2. The predicted molar refractivity (Wildman–Crippen MR) is 70.4 cm³/mol. The van der Waals surface area contributed by atoms with E-state index >= 15 is 0 Å². The molecule has 17 heavy (non-hydrogen) atoms. The fourth-order valence-electron chi connectivity index (χ4n) is 1.32. The van der Waals surface area contributed by atoms with Gasteiger partial charge in [0.15, 0.2) is 0 Å². The Kier molecular flexibility index (Phi) is 4.29. The maximum Gasteiger partial charge on any atom is 0.261 e. The summed E-state index contributed by atoms with van der Waals surface area (Å²) in [7, 11) is -3.46. The number of hydrogen-bond donors (Lipinski definition) is 1. The largest absolute Gasteiger partial charge is 0.280 e. The topological polar surface area (TPSA) is 46.2 Å². The van der Waals surface area contributed by atoms with E-state index in [0.717, 1.165) is 0 Å². The van der Waals surface area contributed by atoms with Crippen LogP contribution in [0.15, 0.2) is 65.6 Å². The Morgan fingerprint density at radius 3 is 1.76 bits per heavy atom. The maximum atomic E-state index is 11.9. The Hall–Kier alpha value is -1.81. The van der Waals surface area contributed by atoms with Gasteiger partial charge in [-0.3, -0.25) is 4.72 Å². The molecular formula is C13H15NO2S. The minimum absolute atomic E-state index is 0. The lowest BCUT2D eigenvalue weighted by Crippen LogP contribution is -2.12. The van der Waals surface area contributed by atoms with Crippen LogP contribution in [0.25, 0.3) is 0 Å². The van der Waals surface area contributed by atoms with Gasteiger partial charge in [-0.15, -0.1) is 0 Å². The zero-order chi connectivity index (χ0) is 11.4. The molecular weight excluding hydrogens is 234 g/mol. The van der Waals surface area contributed by atoms with Crippen molar-refractivity contribution in [3.8, 4) is 0 Å². The second-order valence-corrected chi connectivity index (χ2v) is 4.97. The molecule has 0 aliphatic heterocycles. The number of anilines is 1. The van der Waals surface area contributed by atoms with Crippen LogP contribution in [0.1, 0.15) is 7.43 Å². The highest BCUT2D eigenvalue weighted by Gasteiger charge is 2.12. The highest BCUT2D eigenvalue weighted by Crippen LogP contribution is 2.14. The van der Waals surface area contributed by atoms with Gasteiger partial charge in [0.2, 0.25) is 0 Å². The molecule has 0 aliphatic carbocycles. The van der Waals surface area contributed by atoms with E-state index in [1.54, 1.807) is 54.6 Å². The van der Waals surface area contributed by atoms with Crippen molar-refractivity contribution in [1.82, 2.24) is 0 Å². The van der Waals surface area contributed by atoms with Crippen LogP contribution in [-0.4, -0.2) is 8.42 Å². The molecule has 0 bridgehead atoms. The van der Waals surface area contributed by atoms with Crippen molar-refractivity contribution >= 4 is 15.7 Å². The van der Waals surface area contributed by atoms with E-state index in [1.165, 1.54) is 0 Å². The number of sulfonamides is 1. The first-order chi connectivity index (χ1) is 7.68. The van der Waals surface area contributed by atoms with Crippen LogP contribution in [0.5, 0.6) is 0 Å². The Morgan fingerprint density at radius 2 is 1.24 bits per heavy atom. The molecule has 2 aromatic rings. The van der Waals surface area contributed by atoms with Crippen LogP contribution in [0, 0.1) is 0 Å². The van der Waals surface area contributed by atoms with Crippen molar-refractivity contribution in [3.63, 3.8) is 0 Å². The van der Waals surface area contributed by atoms with Gasteiger partial charge in [-0.2, -0.15) is 0 Å². The van der Waals surface area contributed by atoms with Crippen LogP contribution in [0.4, 0.5) is 5.69 Å². The Balaban J connectivity index is 0.00000144. The molecule has 0 aromatic heterocycles. The van der Waals surface area contributed by atoms with E-state index < -0.39 is 10.0 Å². The molecule has 0 saturated heterocycles. The number of rotatable bonds is 3. The van der Waals surface area contributed by atoms with Gasteiger partial charge in [0.25, 0.3) is 10.0 Å². The van der Waals surface area contributed by atoms with Gasteiger partial charge < -0.3 is 0 Å². The smallest absolute Gasteiger partial charge is 0.261 e. The molecule has 4 heteroatoms. The van der Waals surface area contributed by atoms with Crippen LogP contribution >= 0.6 is 0 Å². The van der Waals surface area contributed by atoms with Crippen LogP contribution in [-0.2, 0) is 10.0 Å². The van der Waals surface area contributed by atoms with Gasteiger partial charge >= 0.3 is 0 Å². The summed E-state index contributed by atoms with van der Waals surface area (Å²) in [5, 5.41) is 0. The highest BCUT2D eigenvalue weighted by molar-refractivity contribution is 7.92. The molecule has 2 aromatic carbocycles. The van der Waals surface area contributed by atoms with E-state index in [-0.39, 0.29) is 12.3 Å². The molecule has 2 rings (SSSR count). The minimum atomic E-state index is -3.46. The SMILES string of the molecule is C.O=S(=O)(Nc1ccccc1)c1ccccc1. The maximum absolute atomic E-state index is 11.9. The average Bonchev–Trinajstić information content (AvgIpc) is 2.31. The Labute approximate surface area is 102 Å². The molecule has 0 saturated carbocycles. The van der Waals surface area contributed by atoms with Gasteiger partial charge in [0, 0.05) is 5.69 Å². The number of benzene rings is 2. The third-order valence-corrected chi connectivity index (χ3v) is 3.48. The number of para-hydroxylation sites is 1. The molecule has 0 heterocycles. The standard InChI is InChI=1S/C12H11NO2S.CH4/c14-16(15,12-9-5-2-6-10-12)13-11-7-3-1-4-8-11;/h1-10,13H;1H4. The lowest BCUT2D eigenvalue weighted by atomic mass is 10.3. The second-order valence-electron chi connectivity index (χ2n) is 3.28. The Morgan fingerprint density at radius 1 is 0.765 bits per heavy atom. The molecule has 0 spiro atoms. The van der Waals surface area contributed by atoms with Crippen molar-refractivity contribution in [2.45, 2.75) is 12.3 Å². The van der Waals surface area contributed by atoms with Crippen LogP contribution < -0.4 is 4.72 Å². The van der Waals surface area contributed by atoms with Gasteiger partial charge in [0.05, 0.1) is 4.90 Å². The summed E-state index contributed by atoms with van der Waals surface area (Å²) in [5.74, 6) is 0. The predicted octanol–water partition coefficient (Wildman–Crippen LogP) is 3.12. The third-order valence-electron chi connectivity index (χ3n) is 2.08. The lowest BCUT2D eigenvalue weighted by Gasteiger charge is -2.07. The summed E-state index contributed by atoms with van der Waals surface area (Å²) >= 11 is 0. The molecule has 0 fully saturated rings. The van der Waals surface area contributed by atoms with E-state index in [0.29, 0.717) is 5.69 Å². The fourth-order valence-corrected chi connectivity index (χ4v) is 2.40. The van der Waals surface area contributed by atoms with E-state index in [9.17, 15) is 8.42 Å². The van der Waals surface area contributed by atoms with Gasteiger partial charge in [-0.05, 0) is 24.3 Å². The van der Waals surface area contributed by atoms with E-state index in [2.05, 4.69) is 4.72 Å². The summed E-state index contributed by atoms with van der Waals surface area (Å²) in [6.45, 7) is 0. The first kappa shape index (κ1) is 13.3. The normalized spacial score (nSPS) is 10.4. The summed E-state index contributed by atoms with van der Waals surface area (Å²) in [4.78, 5) is 0.263. The highest BCUT2D eigenvalue weighted by atomic mass is 32.2. The van der Waals surface area contributed by atoms with E-state index in [1.807, 2.05) is 6.07 Å². The van der Waals surface area contributed by atoms with Crippen molar-refractivity contribution < 1.29 is 8.42 Å². The lowest BCUT2D eigenvalue weighted by molar-refractivity contribution is 0.601. The molecule has 0 aliphatic rings. The summed E-state index contributed by atoms with van der Waals surface area (Å²) in [6, 6.07) is 17.1. The van der Waals surface area contributed by atoms with Gasteiger partial charge in [-0.1, -0.05) is 43.8 Å². The number of nitrogens with one attached hydrogen (secondary N) is 1. The minimum Gasteiger partial charge on any atom is -0.280 e. The summed E-state index contributed by atoms with van der Waals surface area (Å²) in [5.41, 5.74) is 0.561. The molecule has 3 nitrogen and oxygen atoms in total. The van der Waals surface area contributed by atoms with E-state index in [4.69, 9.17) is 0 Å². The van der Waals surface area contributed by atoms with Crippen molar-refractivity contribution in [2.24, 2.45) is 0 Å². The zero-order valence-corrected chi connectivity index (χ0v) is 9.31. The molecule has 0 atom stereocenters. The Bertz CT molecular complexity index is 550. The fraction of sp³-hybridized carbons (Fsp3) is 0.0769.